The third kappa shape index (κ3) is 3.14. The van der Waals surface area contributed by atoms with Gasteiger partial charge in [0.05, 0.1) is 19.4 Å². The van der Waals surface area contributed by atoms with Gasteiger partial charge in [-0.2, -0.15) is 0 Å². The molecule has 1 amide bonds. The molecule has 1 aliphatic rings. The van der Waals surface area contributed by atoms with Crippen molar-refractivity contribution >= 4 is 17.7 Å². The number of aliphatic carboxylic acids is 1. The maximum absolute atomic E-state index is 12.8. The Morgan fingerprint density at radius 1 is 1.14 bits per heavy atom. The highest BCUT2D eigenvalue weighted by atomic mass is 16.5. The van der Waals surface area contributed by atoms with Crippen molar-refractivity contribution in [3.8, 4) is 11.1 Å². The lowest BCUT2D eigenvalue weighted by atomic mass is 9.89. The molecule has 6 heteroatoms. The Hall–Kier alpha value is -2.86. The van der Waals surface area contributed by atoms with Crippen molar-refractivity contribution < 1.29 is 24.5 Å². The van der Waals surface area contributed by atoms with E-state index in [4.69, 9.17) is 4.74 Å². The molecule has 0 radical (unpaired) electrons. The number of ether oxygens (including phenoxy) is 1. The average Bonchev–Trinajstić information content (AvgIpc) is 3.09. The average molecular weight is 383 g/mol. The van der Waals surface area contributed by atoms with E-state index in [1.807, 2.05) is 37.3 Å². The second-order valence-corrected chi connectivity index (χ2v) is 7.04. The van der Waals surface area contributed by atoms with Crippen LogP contribution in [0.15, 0.2) is 42.5 Å². The van der Waals surface area contributed by atoms with Crippen LogP contribution >= 0.6 is 0 Å². The Balaban J connectivity index is 2.19. The predicted molar refractivity (Wildman–Crippen MR) is 107 cm³/mol. The van der Waals surface area contributed by atoms with Crippen molar-refractivity contribution in [3.05, 3.63) is 53.6 Å². The molecule has 1 aliphatic carbocycles. The highest BCUT2D eigenvalue weighted by molar-refractivity contribution is 6.00. The number of hydrogen-bond acceptors (Lipinski definition) is 4. The second-order valence-electron chi connectivity index (χ2n) is 7.04. The summed E-state index contributed by atoms with van der Waals surface area (Å²) in [5.41, 5.74) is 2.70. The molecule has 2 aromatic carbocycles. The number of nitrogens with zero attached hydrogens (tertiary/aromatic N) is 1. The van der Waals surface area contributed by atoms with Gasteiger partial charge in [-0.3, -0.25) is 4.90 Å². The standard InChI is InChI=1S/C22H25NO5/c1-3-4-12-22(14-24,20(25)26)23(21(27)28-2)19-11-7-10-17-16-9-6-5-8-15(16)13-18(17)19/h5-11,24H,3-4,12-14H2,1-2H3,(H,25,26)/t22-/m0/s1. The van der Waals surface area contributed by atoms with Crippen molar-refractivity contribution in [3.63, 3.8) is 0 Å². The third-order valence-corrected chi connectivity index (χ3v) is 5.46. The number of amides is 1. The summed E-state index contributed by atoms with van der Waals surface area (Å²) in [5.74, 6) is -1.25. The van der Waals surface area contributed by atoms with E-state index < -0.39 is 24.2 Å². The molecule has 28 heavy (non-hydrogen) atoms. The van der Waals surface area contributed by atoms with Gasteiger partial charge in [0, 0.05) is 6.42 Å². The van der Waals surface area contributed by atoms with E-state index in [1.165, 1.54) is 7.11 Å². The van der Waals surface area contributed by atoms with Crippen LogP contribution in [0.25, 0.3) is 11.1 Å². The molecule has 0 bridgehead atoms. The van der Waals surface area contributed by atoms with E-state index in [1.54, 1.807) is 12.1 Å². The van der Waals surface area contributed by atoms with Crippen molar-refractivity contribution in [2.24, 2.45) is 0 Å². The van der Waals surface area contributed by atoms with Crippen molar-refractivity contribution in [1.29, 1.82) is 0 Å². The van der Waals surface area contributed by atoms with Crippen LogP contribution in [0.4, 0.5) is 10.5 Å². The molecule has 0 spiro atoms. The van der Waals surface area contributed by atoms with Crippen LogP contribution in [0.2, 0.25) is 0 Å². The lowest BCUT2D eigenvalue weighted by molar-refractivity contribution is -0.145. The molecule has 0 saturated carbocycles. The van der Waals surface area contributed by atoms with Gasteiger partial charge >= 0.3 is 12.1 Å². The number of carboxylic acids is 1. The molecule has 148 valence electrons. The van der Waals surface area contributed by atoms with Crippen LogP contribution in [-0.2, 0) is 16.0 Å². The van der Waals surface area contributed by atoms with Crippen LogP contribution in [0, 0.1) is 0 Å². The maximum Gasteiger partial charge on any atom is 0.415 e. The lowest BCUT2D eigenvalue weighted by Gasteiger charge is -2.39. The molecular weight excluding hydrogens is 358 g/mol. The quantitative estimate of drug-likeness (QED) is 0.647. The lowest BCUT2D eigenvalue weighted by Crippen LogP contribution is -2.60. The number of carboxylic acid groups (broad SMARTS) is 1. The molecule has 3 rings (SSSR count). The highest BCUT2D eigenvalue weighted by Gasteiger charge is 2.48. The van der Waals surface area contributed by atoms with Gasteiger partial charge in [0.1, 0.15) is 0 Å². The summed E-state index contributed by atoms with van der Waals surface area (Å²) >= 11 is 0. The minimum absolute atomic E-state index is 0.126. The van der Waals surface area contributed by atoms with Crippen molar-refractivity contribution in [2.75, 3.05) is 18.6 Å². The smallest absolute Gasteiger partial charge is 0.415 e. The zero-order chi connectivity index (χ0) is 20.3. The van der Waals surface area contributed by atoms with Gasteiger partial charge in [0.2, 0.25) is 0 Å². The summed E-state index contributed by atoms with van der Waals surface area (Å²) < 4.78 is 4.95. The fourth-order valence-corrected chi connectivity index (χ4v) is 3.95. The van der Waals surface area contributed by atoms with E-state index in [9.17, 15) is 19.8 Å². The Labute approximate surface area is 164 Å². The molecule has 0 fully saturated rings. The van der Waals surface area contributed by atoms with Gasteiger partial charge in [-0.1, -0.05) is 56.2 Å². The molecule has 1 atom stereocenters. The molecule has 2 N–H and O–H groups in total. The molecule has 0 saturated heterocycles. The van der Waals surface area contributed by atoms with Gasteiger partial charge in [-0.05, 0) is 34.7 Å². The number of methoxy groups -OCH3 is 1. The highest BCUT2D eigenvalue weighted by Crippen LogP contribution is 2.43. The normalized spacial score (nSPS) is 14.0. The predicted octanol–water partition coefficient (Wildman–Crippen LogP) is 3.84. The number of carbonyl (C=O) groups excluding carboxylic acids is 1. The van der Waals surface area contributed by atoms with Crippen molar-refractivity contribution in [2.45, 2.75) is 38.1 Å². The molecule has 0 aliphatic heterocycles. The third-order valence-electron chi connectivity index (χ3n) is 5.46. The van der Waals surface area contributed by atoms with Gasteiger partial charge in [-0.25, -0.2) is 9.59 Å². The van der Waals surface area contributed by atoms with Crippen LogP contribution in [0.1, 0.15) is 37.3 Å². The van der Waals surface area contributed by atoms with Gasteiger partial charge in [-0.15, -0.1) is 0 Å². The first-order chi connectivity index (χ1) is 13.5. The Bertz CT molecular complexity index is 894. The zero-order valence-corrected chi connectivity index (χ0v) is 16.1. The van der Waals surface area contributed by atoms with Gasteiger partial charge in [0.25, 0.3) is 0 Å². The van der Waals surface area contributed by atoms with E-state index in [0.717, 1.165) is 33.6 Å². The Morgan fingerprint density at radius 2 is 1.86 bits per heavy atom. The van der Waals surface area contributed by atoms with Gasteiger partial charge < -0.3 is 14.9 Å². The number of benzene rings is 2. The topological polar surface area (TPSA) is 87.1 Å². The van der Waals surface area contributed by atoms with Crippen molar-refractivity contribution in [1.82, 2.24) is 0 Å². The summed E-state index contributed by atoms with van der Waals surface area (Å²) in [4.78, 5) is 26.2. The Kier molecular flexibility index (Phi) is 5.70. The number of anilines is 1. The summed E-state index contributed by atoms with van der Waals surface area (Å²) in [6.45, 7) is 1.23. The summed E-state index contributed by atoms with van der Waals surface area (Å²) in [7, 11) is 1.22. The maximum atomic E-state index is 12.8. The van der Waals surface area contributed by atoms with Crippen LogP contribution < -0.4 is 4.90 Å². The van der Waals surface area contributed by atoms with E-state index >= 15 is 0 Å². The number of rotatable bonds is 7. The summed E-state index contributed by atoms with van der Waals surface area (Å²) in [5, 5.41) is 20.2. The molecule has 0 unspecified atom stereocenters. The number of aliphatic hydroxyl groups excluding tert-OH is 1. The minimum atomic E-state index is -1.78. The fraction of sp³-hybridized carbons (Fsp3) is 0.364. The molecule has 0 aromatic heterocycles. The van der Waals surface area contributed by atoms with E-state index in [-0.39, 0.29) is 6.42 Å². The molecular formula is C22H25NO5. The molecule has 6 nitrogen and oxygen atoms in total. The van der Waals surface area contributed by atoms with Crippen LogP contribution in [0.3, 0.4) is 0 Å². The monoisotopic (exact) mass is 383 g/mol. The summed E-state index contributed by atoms with van der Waals surface area (Å²) in [6.07, 6.45) is 1.21. The first kappa shape index (κ1) is 19.9. The zero-order valence-electron chi connectivity index (χ0n) is 16.1. The number of carbonyl (C=O) groups is 2. The van der Waals surface area contributed by atoms with E-state index in [2.05, 4.69) is 0 Å². The number of aliphatic hydroxyl groups is 1. The summed E-state index contributed by atoms with van der Waals surface area (Å²) in [6, 6.07) is 13.4. The SMILES string of the molecule is CCCC[C@](CO)(C(=O)O)N(C(=O)OC)c1cccc2c1Cc1ccccc1-2. The Morgan fingerprint density at radius 3 is 2.50 bits per heavy atom. The number of fused-ring (bicyclic) bond motifs is 3. The number of unbranched alkanes of at least 4 members (excludes halogenated alkanes) is 1. The molecule has 2 aromatic rings. The van der Waals surface area contributed by atoms with E-state index in [0.29, 0.717) is 18.5 Å². The fourth-order valence-electron chi connectivity index (χ4n) is 3.95. The molecule has 0 heterocycles. The van der Waals surface area contributed by atoms with Crippen LogP contribution in [0.5, 0.6) is 0 Å². The van der Waals surface area contributed by atoms with Gasteiger partial charge in [0.15, 0.2) is 5.54 Å². The first-order valence-electron chi connectivity index (χ1n) is 9.42. The second kappa shape index (κ2) is 8.02. The largest absolute Gasteiger partial charge is 0.479 e. The first-order valence-corrected chi connectivity index (χ1v) is 9.42. The van der Waals surface area contributed by atoms with Crippen LogP contribution in [-0.4, -0.2) is 41.5 Å². The minimum Gasteiger partial charge on any atom is -0.479 e. The number of hydrogen-bond donors (Lipinski definition) is 2.